The zero-order valence-electron chi connectivity index (χ0n) is 19.1. The van der Waals surface area contributed by atoms with E-state index in [0.29, 0.717) is 35.9 Å². The molecule has 0 spiro atoms. The summed E-state index contributed by atoms with van der Waals surface area (Å²) in [4.78, 5) is 28.8. The largest absolute Gasteiger partial charge is 0.434 e. The van der Waals surface area contributed by atoms with Crippen LogP contribution in [0.4, 0.5) is 13.2 Å². The number of rotatable bonds is 8. The number of ketones is 1. The van der Waals surface area contributed by atoms with E-state index in [1.807, 2.05) is 0 Å². The Bertz CT molecular complexity index is 1350. The molecule has 0 aliphatic heterocycles. The zero-order valence-corrected chi connectivity index (χ0v) is 19.9. The SMILES string of the molecule is CC(C)(C(=O)Cc1ccc(-c2cncc(C(F)(F)F)n2)cc1)c1ccnc(CS(=O)(=O)C2CC2)n1. The minimum Gasteiger partial charge on any atom is -0.298 e. The molecule has 1 aliphatic carbocycles. The van der Waals surface area contributed by atoms with E-state index in [1.54, 1.807) is 44.2 Å². The van der Waals surface area contributed by atoms with Crippen LogP contribution in [0.5, 0.6) is 0 Å². The van der Waals surface area contributed by atoms with Crippen molar-refractivity contribution < 1.29 is 26.4 Å². The molecule has 2 heterocycles. The molecule has 0 unspecified atom stereocenters. The van der Waals surface area contributed by atoms with E-state index in [4.69, 9.17) is 0 Å². The van der Waals surface area contributed by atoms with Gasteiger partial charge in [0.15, 0.2) is 15.5 Å². The molecule has 7 nitrogen and oxygen atoms in total. The summed E-state index contributed by atoms with van der Waals surface area (Å²) in [5.41, 5.74) is -0.479. The highest BCUT2D eigenvalue weighted by Crippen LogP contribution is 2.31. The molecule has 4 rings (SSSR count). The lowest BCUT2D eigenvalue weighted by molar-refractivity contribution is -0.141. The summed E-state index contributed by atoms with van der Waals surface area (Å²) in [6.45, 7) is 3.42. The van der Waals surface area contributed by atoms with Gasteiger partial charge in [0.2, 0.25) is 0 Å². The second kappa shape index (κ2) is 9.10. The number of carbonyl (C=O) groups excluding carboxylic acids is 1. The van der Waals surface area contributed by atoms with Gasteiger partial charge >= 0.3 is 6.18 Å². The molecule has 184 valence electrons. The average Bonchev–Trinajstić information content (AvgIpc) is 3.65. The molecular formula is C24H23F3N4O3S. The summed E-state index contributed by atoms with van der Waals surface area (Å²) in [7, 11) is -3.29. The first-order valence-electron chi connectivity index (χ1n) is 10.9. The Kier molecular flexibility index (Phi) is 6.48. The van der Waals surface area contributed by atoms with Crippen LogP contribution in [-0.2, 0) is 38.4 Å². The van der Waals surface area contributed by atoms with E-state index in [9.17, 15) is 26.4 Å². The number of nitrogens with zero attached hydrogens (tertiary/aromatic N) is 4. The van der Waals surface area contributed by atoms with Crippen LogP contribution in [0.2, 0.25) is 0 Å². The van der Waals surface area contributed by atoms with Crippen molar-refractivity contribution in [2.24, 2.45) is 0 Å². The molecule has 1 saturated carbocycles. The van der Waals surface area contributed by atoms with Crippen LogP contribution in [0.15, 0.2) is 48.9 Å². The highest BCUT2D eigenvalue weighted by Gasteiger charge is 2.37. The molecule has 0 saturated heterocycles. The predicted octanol–water partition coefficient (Wildman–Crippen LogP) is 4.12. The molecule has 0 N–H and O–H groups in total. The first-order valence-corrected chi connectivity index (χ1v) is 12.6. The fourth-order valence-electron chi connectivity index (χ4n) is 3.53. The van der Waals surface area contributed by atoms with Crippen molar-refractivity contribution in [2.75, 3.05) is 0 Å². The lowest BCUT2D eigenvalue weighted by Gasteiger charge is -2.23. The quantitative estimate of drug-likeness (QED) is 0.455. The summed E-state index contributed by atoms with van der Waals surface area (Å²) >= 11 is 0. The van der Waals surface area contributed by atoms with Gasteiger partial charge in [0.25, 0.3) is 0 Å². The van der Waals surface area contributed by atoms with E-state index in [2.05, 4.69) is 19.9 Å². The Morgan fingerprint density at radius 1 is 1.00 bits per heavy atom. The van der Waals surface area contributed by atoms with Crippen molar-refractivity contribution >= 4 is 15.6 Å². The van der Waals surface area contributed by atoms with Crippen molar-refractivity contribution in [2.45, 2.75) is 55.7 Å². The van der Waals surface area contributed by atoms with Crippen molar-refractivity contribution in [1.29, 1.82) is 0 Å². The predicted molar refractivity (Wildman–Crippen MR) is 122 cm³/mol. The zero-order chi connectivity index (χ0) is 25.4. The third kappa shape index (κ3) is 5.72. The Morgan fingerprint density at radius 2 is 1.69 bits per heavy atom. The van der Waals surface area contributed by atoms with Crippen LogP contribution in [0.1, 0.15) is 49.5 Å². The van der Waals surface area contributed by atoms with E-state index < -0.39 is 27.1 Å². The van der Waals surface area contributed by atoms with Crippen molar-refractivity contribution in [3.8, 4) is 11.3 Å². The second-order valence-corrected chi connectivity index (χ2v) is 11.4. The standard InChI is InChI=1S/C24H23F3N4O3S/c1-23(2,19-9-10-29-22(31-19)14-35(33,34)17-7-8-17)21(32)11-15-3-5-16(6-4-15)18-12-28-13-20(30-18)24(25,26)27/h3-6,9-10,12-13,17H,7-8,11,14H2,1-2H3. The lowest BCUT2D eigenvalue weighted by atomic mass is 9.81. The van der Waals surface area contributed by atoms with E-state index in [1.165, 1.54) is 12.4 Å². The minimum atomic E-state index is -4.59. The van der Waals surface area contributed by atoms with E-state index in [-0.39, 0.29) is 34.7 Å². The molecular weight excluding hydrogens is 481 g/mol. The number of Topliss-reactive ketones (excluding diaryl/α,β-unsaturated/α-hetero) is 1. The molecule has 0 amide bonds. The van der Waals surface area contributed by atoms with Gasteiger partial charge in [-0.05, 0) is 38.3 Å². The Balaban J connectivity index is 1.48. The summed E-state index contributed by atoms with van der Waals surface area (Å²) in [6.07, 6.45) is 0.147. The van der Waals surface area contributed by atoms with Gasteiger partial charge in [-0.15, -0.1) is 0 Å². The van der Waals surface area contributed by atoms with Gasteiger partial charge in [0, 0.05) is 18.2 Å². The maximum atomic E-state index is 13.1. The highest BCUT2D eigenvalue weighted by atomic mass is 32.2. The average molecular weight is 505 g/mol. The normalized spacial score (nSPS) is 14.7. The first-order chi connectivity index (χ1) is 16.4. The van der Waals surface area contributed by atoms with Crippen molar-refractivity contribution in [1.82, 2.24) is 19.9 Å². The molecule has 1 aromatic carbocycles. The maximum Gasteiger partial charge on any atom is 0.434 e. The van der Waals surface area contributed by atoms with Gasteiger partial charge in [-0.1, -0.05) is 24.3 Å². The molecule has 0 atom stereocenters. The van der Waals surface area contributed by atoms with Crippen molar-refractivity contribution in [3.63, 3.8) is 0 Å². The molecule has 0 radical (unpaired) electrons. The van der Waals surface area contributed by atoms with Crippen LogP contribution >= 0.6 is 0 Å². The summed E-state index contributed by atoms with van der Waals surface area (Å²) in [5.74, 6) is -0.240. The molecule has 35 heavy (non-hydrogen) atoms. The molecule has 0 bridgehead atoms. The van der Waals surface area contributed by atoms with Crippen molar-refractivity contribution in [3.05, 3.63) is 71.7 Å². The fraction of sp³-hybridized carbons (Fsp3) is 0.375. The maximum absolute atomic E-state index is 13.1. The number of hydrogen-bond acceptors (Lipinski definition) is 7. The Hall–Kier alpha value is -3.21. The fourth-order valence-corrected chi connectivity index (χ4v) is 5.11. The van der Waals surface area contributed by atoms with Crippen LogP contribution in [-0.4, -0.2) is 39.4 Å². The molecule has 3 aromatic rings. The monoisotopic (exact) mass is 504 g/mol. The van der Waals surface area contributed by atoms with Gasteiger partial charge in [-0.3, -0.25) is 9.78 Å². The lowest BCUT2D eigenvalue weighted by Crippen LogP contribution is -2.32. The Morgan fingerprint density at radius 3 is 2.31 bits per heavy atom. The topological polar surface area (TPSA) is 103 Å². The Labute approximate surface area is 200 Å². The minimum absolute atomic E-state index is 0.0568. The van der Waals surface area contributed by atoms with Gasteiger partial charge in [0.1, 0.15) is 17.4 Å². The molecule has 1 fully saturated rings. The molecule has 11 heteroatoms. The summed E-state index contributed by atoms with van der Waals surface area (Å²) in [5, 5.41) is -0.325. The van der Waals surface area contributed by atoms with Gasteiger partial charge in [0.05, 0.1) is 34.4 Å². The number of alkyl halides is 3. The van der Waals surface area contributed by atoms with E-state index >= 15 is 0 Å². The van der Waals surface area contributed by atoms with Crippen LogP contribution in [0.3, 0.4) is 0 Å². The third-order valence-electron chi connectivity index (χ3n) is 5.94. The number of aromatic nitrogens is 4. The van der Waals surface area contributed by atoms with Gasteiger partial charge in [-0.2, -0.15) is 13.2 Å². The third-order valence-corrected chi connectivity index (χ3v) is 8.09. The first kappa shape index (κ1) is 24.9. The van der Waals surface area contributed by atoms with Gasteiger partial charge in [-0.25, -0.2) is 23.4 Å². The van der Waals surface area contributed by atoms with E-state index in [0.717, 1.165) is 0 Å². The number of benzene rings is 1. The smallest absolute Gasteiger partial charge is 0.298 e. The second-order valence-electron chi connectivity index (χ2n) is 9.07. The number of hydrogen-bond donors (Lipinski definition) is 0. The number of halogens is 3. The summed E-state index contributed by atoms with van der Waals surface area (Å²) < 4.78 is 63.3. The van der Waals surface area contributed by atoms with Crippen LogP contribution in [0, 0.1) is 0 Å². The van der Waals surface area contributed by atoms with Crippen LogP contribution < -0.4 is 0 Å². The number of sulfone groups is 1. The van der Waals surface area contributed by atoms with Crippen LogP contribution in [0.25, 0.3) is 11.3 Å². The number of carbonyl (C=O) groups is 1. The highest BCUT2D eigenvalue weighted by molar-refractivity contribution is 7.91. The molecule has 2 aromatic heterocycles. The molecule has 1 aliphatic rings. The summed E-state index contributed by atoms with van der Waals surface area (Å²) in [6, 6.07) is 8.08. The van der Waals surface area contributed by atoms with Gasteiger partial charge < -0.3 is 0 Å².